The predicted molar refractivity (Wildman–Crippen MR) is 49.5 cm³/mol. The SMILES string of the molecule is C=C(C)C(O)(OO)OC(OO)(OO)C(=C)C. The molecule has 0 fully saturated rings. The topological polar surface area (TPSA) is 118 Å². The van der Waals surface area contributed by atoms with Crippen molar-refractivity contribution in [2.75, 3.05) is 0 Å². The second kappa shape index (κ2) is 5.48. The van der Waals surface area contributed by atoms with Gasteiger partial charge in [0.2, 0.25) is 0 Å². The molecule has 0 aliphatic rings. The quantitative estimate of drug-likeness (QED) is 0.224. The van der Waals surface area contributed by atoms with Crippen LogP contribution in [0.25, 0.3) is 0 Å². The monoisotopic (exact) mass is 238 g/mol. The van der Waals surface area contributed by atoms with E-state index in [0.29, 0.717) is 0 Å². The van der Waals surface area contributed by atoms with Gasteiger partial charge in [-0.3, -0.25) is 4.74 Å². The van der Waals surface area contributed by atoms with E-state index in [2.05, 4.69) is 32.6 Å². The zero-order chi connectivity index (χ0) is 13.0. The van der Waals surface area contributed by atoms with Gasteiger partial charge in [-0.25, -0.2) is 15.8 Å². The minimum atomic E-state index is -2.76. The summed E-state index contributed by atoms with van der Waals surface area (Å²) in [7, 11) is 0. The molecule has 0 spiro atoms. The Labute approximate surface area is 91.3 Å². The predicted octanol–water partition coefficient (Wildman–Crippen LogP) is 0.924. The summed E-state index contributed by atoms with van der Waals surface area (Å²) >= 11 is 0. The van der Waals surface area contributed by atoms with E-state index in [1.165, 1.54) is 13.8 Å². The number of aliphatic hydroxyl groups is 1. The lowest BCUT2D eigenvalue weighted by atomic mass is 10.2. The largest absolute Gasteiger partial charge is 0.366 e. The highest BCUT2D eigenvalue weighted by atomic mass is 17.3. The highest BCUT2D eigenvalue weighted by molar-refractivity contribution is 5.04. The fourth-order valence-electron chi connectivity index (χ4n) is 0.663. The molecule has 0 aromatic rings. The summed E-state index contributed by atoms with van der Waals surface area (Å²) in [5, 5.41) is 35.1. The van der Waals surface area contributed by atoms with Gasteiger partial charge in [-0.05, 0) is 13.8 Å². The Hall–Kier alpha value is -0.840. The van der Waals surface area contributed by atoms with Crippen LogP contribution in [0.1, 0.15) is 13.8 Å². The van der Waals surface area contributed by atoms with Crippen LogP contribution in [0.5, 0.6) is 0 Å². The molecule has 1 atom stereocenters. The summed E-state index contributed by atoms with van der Waals surface area (Å²) in [5.74, 6) is -5.39. The van der Waals surface area contributed by atoms with Gasteiger partial charge in [-0.1, -0.05) is 13.2 Å². The molecule has 0 amide bonds. The van der Waals surface area contributed by atoms with Crippen LogP contribution < -0.4 is 0 Å². The van der Waals surface area contributed by atoms with Crippen LogP contribution in [-0.2, 0) is 19.4 Å². The number of rotatable bonds is 7. The van der Waals surface area contributed by atoms with Crippen molar-refractivity contribution in [2.45, 2.75) is 25.8 Å². The molecule has 8 heteroatoms. The van der Waals surface area contributed by atoms with Gasteiger partial charge < -0.3 is 5.11 Å². The van der Waals surface area contributed by atoms with Crippen molar-refractivity contribution in [2.24, 2.45) is 0 Å². The normalized spacial score (nSPS) is 15.6. The maximum atomic E-state index is 9.53. The molecule has 0 bridgehead atoms. The van der Waals surface area contributed by atoms with E-state index in [4.69, 9.17) is 15.8 Å². The Balaban J connectivity index is 5.15. The summed E-state index contributed by atoms with van der Waals surface area (Å²) < 4.78 is 4.54. The third-order valence-electron chi connectivity index (χ3n) is 1.70. The second-order valence-corrected chi connectivity index (χ2v) is 3.07. The molecule has 94 valence electrons. The van der Waals surface area contributed by atoms with E-state index in [9.17, 15) is 5.11 Å². The van der Waals surface area contributed by atoms with E-state index in [-0.39, 0.29) is 11.1 Å². The molecule has 1 unspecified atom stereocenters. The first kappa shape index (κ1) is 15.2. The zero-order valence-corrected chi connectivity index (χ0v) is 8.84. The first-order valence-corrected chi connectivity index (χ1v) is 4.00. The second-order valence-electron chi connectivity index (χ2n) is 3.07. The summed E-state index contributed by atoms with van der Waals surface area (Å²) in [5.41, 5.74) is -0.399. The van der Waals surface area contributed by atoms with Crippen LogP contribution in [0.3, 0.4) is 0 Å². The van der Waals surface area contributed by atoms with E-state index in [1.807, 2.05) is 0 Å². The molecule has 8 nitrogen and oxygen atoms in total. The molecule has 0 aromatic carbocycles. The van der Waals surface area contributed by atoms with Crippen molar-refractivity contribution in [1.82, 2.24) is 0 Å². The third-order valence-corrected chi connectivity index (χ3v) is 1.70. The van der Waals surface area contributed by atoms with Crippen LogP contribution in [0.2, 0.25) is 0 Å². The van der Waals surface area contributed by atoms with Gasteiger partial charge in [0.25, 0.3) is 0 Å². The summed E-state index contributed by atoms with van der Waals surface area (Å²) in [6.07, 6.45) is 0. The van der Waals surface area contributed by atoms with Gasteiger partial charge >= 0.3 is 11.9 Å². The van der Waals surface area contributed by atoms with Crippen molar-refractivity contribution >= 4 is 0 Å². The molecule has 4 N–H and O–H groups in total. The summed E-state index contributed by atoms with van der Waals surface area (Å²) in [4.78, 5) is 11.0. The minimum Gasteiger partial charge on any atom is -0.338 e. The maximum absolute atomic E-state index is 9.53. The molecular formula is C8H14O8. The van der Waals surface area contributed by atoms with E-state index < -0.39 is 11.9 Å². The fourth-order valence-corrected chi connectivity index (χ4v) is 0.663. The summed E-state index contributed by atoms with van der Waals surface area (Å²) in [6, 6.07) is 0. The number of hydrogen-bond donors (Lipinski definition) is 4. The molecule has 0 rings (SSSR count). The lowest BCUT2D eigenvalue weighted by Crippen LogP contribution is -2.49. The Kier molecular flexibility index (Phi) is 5.19. The molecule has 0 aliphatic heterocycles. The van der Waals surface area contributed by atoms with Crippen LogP contribution in [0.15, 0.2) is 24.3 Å². The Bertz CT molecular complexity index is 271. The molecule has 0 saturated heterocycles. The van der Waals surface area contributed by atoms with Gasteiger partial charge in [-0.2, -0.15) is 14.7 Å². The van der Waals surface area contributed by atoms with Crippen molar-refractivity contribution in [1.29, 1.82) is 0 Å². The van der Waals surface area contributed by atoms with Crippen LogP contribution in [0.4, 0.5) is 0 Å². The average Bonchev–Trinajstić information content (AvgIpc) is 2.25. The Morgan fingerprint density at radius 1 is 0.938 bits per heavy atom. The lowest BCUT2D eigenvalue weighted by Gasteiger charge is -2.34. The molecule has 0 heterocycles. The average molecular weight is 238 g/mol. The Morgan fingerprint density at radius 2 is 1.38 bits per heavy atom. The van der Waals surface area contributed by atoms with Crippen molar-refractivity contribution in [3.05, 3.63) is 24.3 Å². The van der Waals surface area contributed by atoms with E-state index >= 15 is 0 Å². The molecule has 0 aromatic heterocycles. The van der Waals surface area contributed by atoms with Gasteiger partial charge in [0.1, 0.15) is 0 Å². The standard InChI is InChI=1S/C8H14O8/c1-5(2)7(9,14-10)13-8(15-11,16-12)6(3)4/h9-12H,1,3H2,2,4H3. The highest BCUT2D eigenvalue weighted by Crippen LogP contribution is 2.30. The zero-order valence-electron chi connectivity index (χ0n) is 8.84. The van der Waals surface area contributed by atoms with E-state index in [0.717, 1.165) is 0 Å². The molecule has 0 aliphatic carbocycles. The fraction of sp³-hybridized carbons (Fsp3) is 0.500. The lowest BCUT2D eigenvalue weighted by molar-refractivity contribution is -0.605. The van der Waals surface area contributed by atoms with Gasteiger partial charge in [0.15, 0.2) is 0 Å². The smallest absolute Gasteiger partial charge is 0.338 e. The summed E-state index contributed by atoms with van der Waals surface area (Å²) in [6.45, 7) is 8.99. The van der Waals surface area contributed by atoms with Gasteiger partial charge in [-0.15, -0.1) is 0 Å². The first-order valence-electron chi connectivity index (χ1n) is 4.00. The maximum Gasteiger partial charge on any atom is 0.366 e. The molecule has 0 radical (unpaired) electrons. The minimum absolute atomic E-state index is 0.186. The van der Waals surface area contributed by atoms with Gasteiger partial charge in [0, 0.05) is 11.1 Å². The highest BCUT2D eigenvalue weighted by Gasteiger charge is 2.48. The molecule has 0 saturated carbocycles. The number of ether oxygens (including phenoxy) is 1. The molecule has 16 heavy (non-hydrogen) atoms. The van der Waals surface area contributed by atoms with Crippen molar-refractivity contribution in [3.63, 3.8) is 0 Å². The molecular weight excluding hydrogens is 224 g/mol. The van der Waals surface area contributed by atoms with Crippen LogP contribution in [0, 0.1) is 0 Å². The van der Waals surface area contributed by atoms with Crippen LogP contribution >= 0.6 is 0 Å². The Morgan fingerprint density at radius 3 is 1.56 bits per heavy atom. The van der Waals surface area contributed by atoms with E-state index in [1.54, 1.807) is 0 Å². The van der Waals surface area contributed by atoms with Gasteiger partial charge in [0.05, 0.1) is 0 Å². The first-order chi connectivity index (χ1) is 7.28. The van der Waals surface area contributed by atoms with Crippen molar-refractivity contribution < 1.29 is 40.3 Å². The third kappa shape index (κ3) is 2.84. The van der Waals surface area contributed by atoms with Crippen molar-refractivity contribution in [3.8, 4) is 0 Å². The number of hydrogen-bond acceptors (Lipinski definition) is 8. The van der Waals surface area contributed by atoms with Crippen LogP contribution in [-0.4, -0.2) is 32.8 Å².